The molecule has 1 aromatic heterocycles. The van der Waals surface area contributed by atoms with E-state index in [0.717, 1.165) is 11.4 Å². The third-order valence-electron chi connectivity index (χ3n) is 3.93. The Morgan fingerprint density at radius 2 is 1.37 bits per heavy atom. The lowest BCUT2D eigenvalue weighted by molar-refractivity contribution is 0.466. The van der Waals surface area contributed by atoms with Gasteiger partial charge in [-0.1, -0.05) is 18.2 Å². The van der Waals surface area contributed by atoms with Gasteiger partial charge in [-0.2, -0.15) is 0 Å². The van der Waals surface area contributed by atoms with E-state index in [0.29, 0.717) is 22.9 Å². The highest BCUT2D eigenvalue weighted by atomic mass is 16.5. The fourth-order valence-corrected chi connectivity index (χ4v) is 2.63. The number of hydrogen-bond donors (Lipinski definition) is 2. The van der Waals surface area contributed by atoms with Crippen LogP contribution in [0.25, 0.3) is 11.4 Å². The highest BCUT2D eigenvalue weighted by Crippen LogP contribution is 2.32. The summed E-state index contributed by atoms with van der Waals surface area (Å²) < 4.78 is 5.91. The maximum Gasteiger partial charge on any atom is 0.163 e. The number of rotatable bonds is 5. The maximum absolute atomic E-state index is 10.1. The molecule has 3 aromatic carbocycles. The molecule has 0 atom stereocenters. The summed E-state index contributed by atoms with van der Waals surface area (Å²) in [6.07, 6.45) is 3.27. The predicted molar refractivity (Wildman–Crippen MR) is 105 cm³/mol. The zero-order chi connectivity index (χ0) is 18.5. The molecule has 5 nitrogen and oxygen atoms in total. The van der Waals surface area contributed by atoms with E-state index in [4.69, 9.17) is 4.74 Å². The summed E-state index contributed by atoms with van der Waals surface area (Å²) in [5.74, 6) is 1.84. The Balaban J connectivity index is 1.51. The van der Waals surface area contributed by atoms with Crippen LogP contribution in [0.1, 0.15) is 0 Å². The fraction of sp³-hybridized carbons (Fsp3) is 0. The molecule has 0 aliphatic rings. The number of benzene rings is 3. The molecular weight excluding hydrogens is 338 g/mol. The molecule has 0 aliphatic carbocycles. The van der Waals surface area contributed by atoms with Crippen molar-refractivity contribution in [1.29, 1.82) is 0 Å². The summed E-state index contributed by atoms with van der Waals surface area (Å²) in [5, 5.41) is 13.4. The standard InChI is InChI=1S/C22H17N3O2/c26-21-12-11-19(15-20(21)22-23-13-4-14-24-22)27-18-9-7-17(8-10-18)25-16-5-2-1-3-6-16/h1-15,25-26H. The van der Waals surface area contributed by atoms with Crippen LogP contribution in [0.5, 0.6) is 17.2 Å². The van der Waals surface area contributed by atoms with Gasteiger partial charge in [-0.3, -0.25) is 0 Å². The number of aromatic nitrogens is 2. The number of hydrogen-bond acceptors (Lipinski definition) is 5. The van der Waals surface area contributed by atoms with Crippen LogP contribution >= 0.6 is 0 Å². The molecule has 132 valence electrons. The Bertz CT molecular complexity index is 1020. The number of phenolic OH excluding ortho intramolecular Hbond substituents is 1. The van der Waals surface area contributed by atoms with E-state index in [2.05, 4.69) is 15.3 Å². The van der Waals surface area contributed by atoms with Gasteiger partial charge in [0.2, 0.25) is 0 Å². The summed E-state index contributed by atoms with van der Waals surface area (Å²) >= 11 is 0. The van der Waals surface area contributed by atoms with Crippen LogP contribution in [0, 0.1) is 0 Å². The lowest BCUT2D eigenvalue weighted by atomic mass is 10.1. The fourth-order valence-electron chi connectivity index (χ4n) is 2.63. The number of nitrogens with zero attached hydrogens (tertiary/aromatic N) is 2. The first-order chi connectivity index (χ1) is 13.3. The quantitative estimate of drug-likeness (QED) is 0.503. The van der Waals surface area contributed by atoms with E-state index in [9.17, 15) is 5.11 Å². The van der Waals surface area contributed by atoms with Crippen LogP contribution in [0.2, 0.25) is 0 Å². The molecule has 0 saturated carbocycles. The largest absolute Gasteiger partial charge is 0.507 e. The van der Waals surface area contributed by atoms with Crippen LogP contribution in [-0.2, 0) is 0 Å². The smallest absolute Gasteiger partial charge is 0.163 e. The van der Waals surface area contributed by atoms with E-state index in [1.807, 2.05) is 54.6 Å². The molecule has 0 fully saturated rings. The molecular formula is C22H17N3O2. The van der Waals surface area contributed by atoms with Gasteiger partial charge < -0.3 is 15.2 Å². The number of phenols is 1. The summed E-state index contributed by atoms with van der Waals surface area (Å²) in [4.78, 5) is 8.35. The van der Waals surface area contributed by atoms with Gasteiger partial charge in [0.1, 0.15) is 17.2 Å². The van der Waals surface area contributed by atoms with Crippen molar-refractivity contribution in [2.45, 2.75) is 0 Å². The van der Waals surface area contributed by atoms with E-state index < -0.39 is 0 Å². The molecule has 0 radical (unpaired) electrons. The minimum Gasteiger partial charge on any atom is -0.507 e. The SMILES string of the molecule is Oc1ccc(Oc2ccc(Nc3ccccc3)cc2)cc1-c1ncccn1. The average Bonchev–Trinajstić information content (AvgIpc) is 2.72. The van der Waals surface area contributed by atoms with Gasteiger partial charge in [-0.05, 0) is 60.7 Å². The molecule has 0 amide bonds. The minimum absolute atomic E-state index is 0.107. The number of anilines is 2. The summed E-state index contributed by atoms with van der Waals surface area (Å²) in [6.45, 7) is 0. The Morgan fingerprint density at radius 3 is 2.11 bits per heavy atom. The first kappa shape index (κ1) is 16.6. The van der Waals surface area contributed by atoms with Crippen molar-refractivity contribution in [2.24, 2.45) is 0 Å². The molecule has 0 unspecified atom stereocenters. The van der Waals surface area contributed by atoms with Crippen LogP contribution in [-0.4, -0.2) is 15.1 Å². The Morgan fingerprint density at radius 1 is 0.704 bits per heavy atom. The lowest BCUT2D eigenvalue weighted by Gasteiger charge is -2.10. The highest BCUT2D eigenvalue weighted by molar-refractivity contribution is 5.66. The van der Waals surface area contributed by atoms with Gasteiger partial charge in [0, 0.05) is 23.8 Å². The van der Waals surface area contributed by atoms with Crippen LogP contribution in [0.3, 0.4) is 0 Å². The first-order valence-electron chi connectivity index (χ1n) is 8.48. The van der Waals surface area contributed by atoms with Crippen molar-refractivity contribution in [2.75, 3.05) is 5.32 Å². The average molecular weight is 355 g/mol. The van der Waals surface area contributed by atoms with Crippen molar-refractivity contribution in [3.8, 4) is 28.6 Å². The number of aromatic hydroxyl groups is 1. The van der Waals surface area contributed by atoms with Gasteiger partial charge in [0.25, 0.3) is 0 Å². The molecule has 0 aliphatic heterocycles. The Labute approximate surface area is 156 Å². The first-order valence-corrected chi connectivity index (χ1v) is 8.48. The lowest BCUT2D eigenvalue weighted by Crippen LogP contribution is -1.91. The van der Waals surface area contributed by atoms with Crippen molar-refractivity contribution in [3.63, 3.8) is 0 Å². The van der Waals surface area contributed by atoms with Crippen molar-refractivity contribution in [1.82, 2.24) is 9.97 Å². The second-order valence-corrected chi connectivity index (χ2v) is 5.87. The number of ether oxygens (including phenoxy) is 1. The predicted octanol–water partition coefficient (Wildman–Crippen LogP) is 5.39. The Kier molecular flexibility index (Phi) is 4.66. The third kappa shape index (κ3) is 4.04. The summed E-state index contributed by atoms with van der Waals surface area (Å²) in [6, 6.07) is 24.4. The molecule has 0 bridgehead atoms. The summed E-state index contributed by atoms with van der Waals surface area (Å²) in [5.41, 5.74) is 2.52. The van der Waals surface area contributed by atoms with E-state index in [-0.39, 0.29) is 5.75 Å². The highest BCUT2D eigenvalue weighted by Gasteiger charge is 2.09. The van der Waals surface area contributed by atoms with Gasteiger partial charge in [0.05, 0.1) is 5.56 Å². The van der Waals surface area contributed by atoms with E-state index >= 15 is 0 Å². The second-order valence-electron chi connectivity index (χ2n) is 5.87. The molecule has 4 rings (SSSR count). The second kappa shape index (κ2) is 7.58. The monoisotopic (exact) mass is 355 g/mol. The van der Waals surface area contributed by atoms with Crippen molar-refractivity contribution < 1.29 is 9.84 Å². The van der Waals surface area contributed by atoms with Crippen molar-refractivity contribution in [3.05, 3.63) is 91.3 Å². The molecule has 0 spiro atoms. The molecule has 4 aromatic rings. The topological polar surface area (TPSA) is 67.3 Å². The molecule has 2 N–H and O–H groups in total. The van der Waals surface area contributed by atoms with Crippen molar-refractivity contribution >= 4 is 11.4 Å². The normalized spacial score (nSPS) is 10.4. The third-order valence-corrected chi connectivity index (χ3v) is 3.93. The molecule has 1 heterocycles. The molecule has 5 heteroatoms. The van der Waals surface area contributed by atoms with Crippen LogP contribution < -0.4 is 10.1 Å². The van der Waals surface area contributed by atoms with Gasteiger partial charge in [-0.25, -0.2) is 9.97 Å². The zero-order valence-corrected chi connectivity index (χ0v) is 14.4. The van der Waals surface area contributed by atoms with E-state index in [1.165, 1.54) is 0 Å². The number of nitrogens with one attached hydrogen (secondary N) is 1. The number of para-hydroxylation sites is 1. The van der Waals surface area contributed by atoms with Gasteiger partial charge in [-0.15, -0.1) is 0 Å². The maximum atomic E-state index is 10.1. The molecule has 0 saturated heterocycles. The zero-order valence-electron chi connectivity index (χ0n) is 14.4. The Hall–Kier alpha value is -3.86. The van der Waals surface area contributed by atoms with Gasteiger partial charge in [0.15, 0.2) is 5.82 Å². The van der Waals surface area contributed by atoms with Gasteiger partial charge >= 0.3 is 0 Å². The van der Waals surface area contributed by atoms with Crippen LogP contribution in [0.15, 0.2) is 91.3 Å². The summed E-state index contributed by atoms with van der Waals surface area (Å²) in [7, 11) is 0. The van der Waals surface area contributed by atoms with E-state index in [1.54, 1.807) is 36.7 Å². The minimum atomic E-state index is 0.107. The molecule has 27 heavy (non-hydrogen) atoms. The van der Waals surface area contributed by atoms with Crippen LogP contribution in [0.4, 0.5) is 11.4 Å².